The van der Waals surface area contributed by atoms with Gasteiger partial charge in [0.25, 0.3) is 5.56 Å². The molecule has 182 valence electrons. The molecule has 0 aliphatic rings. The number of benzene rings is 4. The van der Waals surface area contributed by atoms with Crippen LogP contribution in [0.25, 0.3) is 22.3 Å². The number of esters is 1. The van der Waals surface area contributed by atoms with Crippen molar-refractivity contribution in [2.45, 2.75) is 6.92 Å². The van der Waals surface area contributed by atoms with E-state index >= 15 is 0 Å². The molecule has 0 fully saturated rings. The van der Waals surface area contributed by atoms with E-state index in [1.54, 1.807) is 60.7 Å². The minimum absolute atomic E-state index is 0.304. The van der Waals surface area contributed by atoms with Gasteiger partial charge < -0.3 is 4.74 Å². The molecule has 0 saturated heterocycles. The summed E-state index contributed by atoms with van der Waals surface area (Å²) in [7, 11) is 0. The van der Waals surface area contributed by atoms with Crippen molar-refractivity contribution in [1.29, 1.82) is 0 Å². The van der Waals surface area contributed by atoms with Crippen molar-refractivity contribution in [3.05, 3.63) is 127 Å². The molecule has 0 aliphatic carbocycles. The first-order valence-electron chi connectivity index (χ1n) is 11.3. The monoisotopic (exact) mass is 615 g/mol. The van der Waals surface area contributed by atoms with Crippen LogP contribution in [0.5, 0.6) is 5.75 Å². The lowest BCUT2D eigenvalue weighted by atomic mass is 10.1. The summed E-state index contributed by atoms with van der Waals surface area (Å²) in [5.74, 6) is 0.209. The average Bonchev–Trinajstić information content (AvgIpc) is 2.89. The topological polar surface area (TPSA) is 73.6 Å². The minimum Gasteiger partial charge on any atom is -0.422 e. The van der Waals surface area contributed by atoms with Crippen molar-refractivity contribution in [2.24, 2.45) is 5.10 Å². The smallest absolute Gasteiger partial charge is 0.343 e. The molecule has 0 amide bonds. The van der Waals surface area contributed by atoms with Gasteiger partial charge in [-0.05, 0) is 67.6 Å². The van der Waals surface area contributed by atoms with E-state index in [4.69, 9.17) is 9.72 Å². The lowest BCUT2D eigenvalue weighted by Gasteiger charge is -2.11. The molecule has 0 radical (unpaired) electrons. The molecule has 8 heteroatoms. The molecule has 0 aliphatic heterocycles. The Morgan fingerprint density at radius 3 is 2.46 bits per heavy atom. The van der Waals surface area contributed by atoms with Crippen LogP contribution in [0.3, 0.4) is 0 Å². The van der Waals surface area contributed by atoms with E-state index in [1.807, 2.05) is 37.3 Å². The van der Waals surface area contributed by atoms with Gasteiger partial charge in [0.1, 0.15) is 5.75 Å². The van der Waals surface area contributed by atoms with E-state index < -0.39 is 5.97 Å². The van der Waals surface area contributed by atoms with Crippen molar-refractivity contribution in [3.8, 4) is 17.1 Å². The van der Waals surface area contributed by atoms with Gasteiger partial charge in [0.15, 0.2) is 5.82 Å². The van der Waals surface area contributed by atoms with E-state index in [0.717, 1.165) is 20.1 Å². The van der Waals surface area contributed by atoms with Gasteiger partial charge in [-0.1, -0.05) is 67.8 Å². The highest BCUT2D eigenvalue weighted by Crippen LogP contribution is 2.24. The van der Waals surface area contributed by atoms with Gasteiger partial charge in [0, 0.05) is 20.1 Å². The third kappa shape index (κ3) is 5.45. The first-order chi connectivity index (χ1) is 17.9. The molecule has 5 rings (SSSR count). The maximum Gasteiger partial charge on any atom is 0.343 e. The Balaban J connectivity index is 1.59. The van der Waals surface area contributed by atoms with Crippen LogP contribution in [0.2, 0.25) is 0 Å². The highest BCUT2D eigenvalue weighted by Gasteiger charge is 2.14. The number of carbonyl (C=O) groups excluding carboxylic acids is 1. The third-order valence-corrected chi connectivity index (χ3v) is 6.62. The average molecular weight is 617 g/mol. The molecule has 1 heterocycles. The zero-order valence-corrected chi connectivity index (χ0v) is 22.7. The van der Waals surface area contributed by atoms with Crippen LogP contribution < -0.4 is 10.3 Å². The van der Waals surface area contributed by atoms with Crippen LogP contribution in [0.4, 0.5) is 0 Å². The first kappa shape index (κ1) is 24.8. The minimum atomic E-state index is -0.505. The summed E-state index contributed by atoms with van der Waals surface area (Å²) in [5, 5.41) is 4.97. The molecular weight excluding hydrogens is 598 g/mol. The predicted octanol–water partition coefficient (Wildman–Crippen LogP) is 7.00. The number of rotatable bonds is 5. The van der Waals surface area contributed by atoms with Crippen LogP contribution in [0.15, 0.2) is 110 Å². The van der Waals surface area contributed by atoms with E-state index in [9.17, 15) is 9.59 Å². The van der Waals surface area contributed by atoms with Gasteiger partial charge in [-0.25, -0.2) is 9.78 Å². The number of aromatic nitrogens is 2. The number of ether oxygens (including phenoxy) is 1. The zero-order chi connectivity index (χ0) is 25.9. The molecule has 0 N–H and O–H groups in total. The van der Waals surface area contributed by atoms with Crippen LogP contribution in [0.1, 0.15) is 21.5 Å². The third-order valence-electron chi connectivity index (χ3n) is 5.60. The Bertz CT molecular complexity index is 1730. The lowest BCUT2D eigenvalue weighted by molar-refractivity contribution is 0.0734. The van der Waals surface area contributed by atoms with Crippen molar-refractivity contribution in [1.82, 2.24) is 9.66 Å². The summed E-state index contributed by atoms with van der Waals surface area (Å²) in [4.78, 5) is 31.0. The van der Waals surface area contributed by atoms with Crippen molar-refractivity contribution >= 4 is 54.9 Å². The Labute approximate surface area is 229 Å². The second-order valence-electron chi connectivity index (χ2n) is 8.26. The maximum absolute atomic E-state index is 13.5. The fourth-order valence-electron chi connectivity index (χ4n) is 3.78. The first-order valence-corrected chi connectivity index (χ1v) is 12.9. The highest BCUT2D eigenvalue weighted by molar-refractivity contribution is 9.10. The van der Waals surface area contributed by atoms with Crippen LogP contribution in [-0.2, 0) is 0 Å². The highest BCUT2D eigenvalue weighted by atomic mass is 79.9. The zero-order valence-electron chi connectivity index (χ0n) is 19.6. The van der Waals surface area contributed by atoms with Gasteiger partial charge in [0.05, 0.1) is 22.7 Å². The molecule has 0 unspecified atom stereocenters. The number of halogens is 2. The summed E-state index contributed by atoms with van der Waals surface area (Å²) in [6.45, 7) is 1.98. The van der Waals surface area contributed by atoms with E-state index in [-0.39, 0.29) is 5.56 Å². The number of nitrogens with zero attached hydrogens (tertiary/aromatic N) is 3. The van der Waals surface area contributed by atoms with Crippen molar-refractivity contribution in [2.75, 3.05) is 0 Å². The van der Waals surface area contributed by atoms with Gasteiger partial charge >= 0.3 is 5.97 Å². The Morgan fingerprint density at radius 2 is 1.68 bits per heavy atom. The molecule has 0 atom stereocenters. The SMILES string of the molecule is Cc1cccc(-c2nc3ccccc3c(=O)n2N=Cc2cc(Br)ccc2OC(=O)c2ccc(Br)cc2)c1. The maximum atomic E-state index is 13.5. The van der Waals surface area contributed by atoms with Gasteiger partial charge in [-0.2, -0.15) is 9.78 Å². The molecule has 0 saturated carbocycles. The predicted molar refractivity (Wildman–Crippen MR) is 152 cm³/mol. The molecule has 0 spiro atoms. The summed E-state index contributed by atoms with van der Waals surface area (Å²) < 4.78 is 8.58. The second kappa shape index (κ2) is 10.6. The molecule has 5 aromatic rings. The normalized spacial score (nSPS) is 11.2. The number of hydrogen-bond acceptors (Lipinski definition) is 5. The van der Waals surface area contributed by atoms with Crippen molar-refractivity contribution < 1.29 is 9.53 Å². The number of aryl methyl sites for hydroxylation is 1. The molecular formula is C29H19Br2N3O3. The van der Waals surface area contributed by atoms with E-state index in [2.05, 4.69) is 37.0 Å². The number of para-hydroxylation sites is 1. The number of fused-ring (bicyclic) bond motifs is 1. The fraction of sp³-hybridized carbons (Fsp3) is 0.0345. The van der Waals surface area contributed by atoms with E-state index in [0.29, 0.717) is 33.6 Å². The molecule has 6 nitrogen and oxygen atoms in total. The fourth-order valence-corrected chi connectivity index (χ4v) is 4.42. The molecule has 4 aromatic carbocycles. The summed E-state index contributed by atoms with van der Waals surface area (Å²) in [5.41, 5.74) is 2.99. The van der Waals surface area contributed by atoms with Crippen LogP contribution in [0, 0.1) is 6.92 Å². The van der Waals surface area contributed by atoms with Gasteiger partial charge in [0.2, 0.25) is 0 Å². The lowest BCUT2D eigenvalue weighted by Crippen LogP contribution is -2.20. The van der Waals surface area contributed by atoms with Crippen molar-refractivity contribution in [3.63, 3.8) is 0 Å². The molecule has 37 heavy (non-hydrogen) atoms. The second-order valence-corrected chi connectivity index (χ2v) is 10.1. The number of carbonyl (C=O) groups is 1. The quantitative estimate of drug-likeness (QED) is 0.121. The van der Waals surface area contributed by atoms with Crippen LogP contribution >= 0.6 is 31.9 Å². The number of hydrogen-bond donors (Lipinski definition) is 0. The van der Waals surface area contributed by atoms with Gasteiger partial charge in [-0.15, -0.1) is 0 Å². The Kier molecular flexibility index (Phi) is 7.12. The Hall–Kier alpha value is -3.88. The summed E-state index contributed by atoms with van der Waals surface area (Å²) in [6.07, 6.45) is 1.49. The Morgan fingerprint density at radius 1 is 0.919 bits per heavy atom. The summed E-state index contributed by atoms with van der Waals surface area (Å²) >= 11 is 6.82. The molecule has 1 aromatic heterocycles. The standard InChI is InChI=1S/C29H19Br2N3O3/c1-18-5-4-6-20(15-18)27-33-25-8-3-2-7-24(25)28(35)34(27)32-17-21-16-23(31)13-14-26(21)37-29(36)19-9-11-22(30)12-10-19/h2-17H,1H3. The van der Waals surface area contributed by atoms with Gasteiger partial charge in [-0.3, -0.25) is 4.79 Å². The van der Waals surface area contributed by atoms with E-state index in [1.165, 1.54) is 10.9 Å². The largest absolute Gasteiger partial charge is 0.422 e. The molecule has 0 bridgehead atoms. The summed E-state index contributed by atoms with van der Waals surface area (Å²) in [6, 6.07) is 27.0. The van der Waals surface area contributed by atoms with Crippen LogP contribution in [-0.4, -0.2) is 21.8 Å².